The number of benzene rings is 2. The van der Waals surface area contributed by atoms with E-state index in [1.807, 2.05) is 30.3 Å². The van der Waals surface area contributed by atoms with Crippen molar-refractivity contribution in [3.05, 3.63) is 65.3 Å². The zero-order valence-electron chi connectivity index (χ0n) is 14.4. The molecule has 0 aliphatic heterocycles. The molecule has 0 radical (unpaired) electrons. The number of hydrogen-bond acceptors (Lipinski definition) is 1. The van der Waals surface area contributed by atoms with Gasteiger partial charge in [-0.2, -0.15) is 0 Å². The minimum absolute atomic E-state index is 0.327. The zero-order valence-corrected chi connectivity index (χ0v) is 16.0. The number of hydrogen-bond donors (Lipinski definition) is 2. The van der Waals surface area contributed by atoms with Crippen LogP contribution in [0.15, 0.2) is 54.7 Å². The molecule has 5 heteroatoms. The van der Waals surface area contributed by atoms with Gasteiger partial charge in [-0.05, 0) is 55.4 Å². The van der Waals surface area contributed by atoms with Gasteiger partial charge in [0.25, 0.3) is 0 Å². The highest BCUT2D eigenvalue weighted by atomic mass is 35.5. The second-order valence-corrected chi connectivity index (χ2v) is 7.01. The van der Waals surface area contributed by atoms with Gasteiger partial charge in [-0.3, -0.25) is 0 Å². The lowest BCUT2D eigenvalue weighted by Crippen LogP contribution is -2.40. The van der Waals surface area contributed by atoms with E-state index < -0.39 is 0 Å². The van der Waals surface area contributed by atoms with Gasteiger partial charge in [0.05, 0.1) is 0 Å². The van der Waals surface area contributed by atoms with Crippen LogP contribution in [0.4, 0.5) is 5.69 Å². The normalized spacial score (nSPS) is 12.1. The van der Waals surface area contributed by atoms with E-state index in [1.54, 1.807) is 0 Å². The van der Waals surface area contributed by atoms with Crippen LogP contribution in [-0.2, 0) is 6.54 Å². The Morgan fingerprint density at radius 2 is 2.04 bits per heavy atom. The van der Waals surface area contributed by atoms with E-state index in [-0.39, 0.29) is 0 Å². The lowest BCUT2D eigenvalue weighted by atomic mass is 10.1. The van der Waals surface area contributed by atoms with Crippen LogP contribution in [0.1, 0.15) is 25.8 Å². The topological polar surface area (TPSA) is 31.1 Å². The third-order valence-corrected chi connectivity index (χ3v) is 5.05. The first-order chi connectivity index (χ1) is 12.1. The van der Waals surface area contributed by atoms with Crippen LogP contribution in [0.2, 0.25) is 5.02 Å². The molecule has 25 heavy (non-hydrogen) atoms. The summed E-state index contributed by atoms with van der Waals surface area (Å²) in [6.07, 6.45) is 3.09. The van der Waals surface area contributed by atoms with Crippen LogP contribution < -0.4 is 5.32 Å². The zero-order chi connectivity index (χ0) is 17.8. The highest BCUT2D eigenvalue weighted by molar-refractivity contribution is 7.80. The average molecular weight is 372 g/mol. The molecular weight excluding hydrogens is 350 g/mol. The van der Waals surface area contributed by atoms with Gasteiger partial charge in [-0.1, -0.05) is 42.8 Å². The Balaban J connectivity index is 1.83. The molecule has 3 rings (SSSR count). The van der Waals surface area contributed by atoms with Crippen LogP contribution >= 0.6 is 23.8 Å². The molecule has 0 aliphatic carbocycles. The molecule has 1 heterocycles. The Labute approximate surface area is 159 Å². The molecule has 0 aliphatic rings. The Morgan fingerprint density at radius 1 is 1.24 bits per heavy atom. The SMILES string of the molecule is CC[C@@H](C)N(Cc1c[nH]c2ccccc12)C(=S)Nc1cccc(Cl)c1. The Kier molecular flexibility index (Phi) is 5.61. The highest BCUT2D eigenvalue weighted by Crippen LogP contribution is 2.22. The summed E-state index contributed by atoms with van der Waals surface area (Å²) >= 11 is 11.8. The van der Waals surface area contributed by atoms with Crippen LogP contribution in [0.25, 0.3) is 10.9 Å². The highest BCUT2D eigenvalue weighted by Gasteiger charge is 2.18. The van der Waals surface area contributed by atoms with Crippen LogP contribution in [0.5, 0.6) is 0 Å². The summed E-state index contributed by atoms with van der Waals surface area (Å²) in [6, 6.07) is 16.3. The van der Waals surface area contributed by atoms with E-state index in [0.29, 0.717) is 16.2 Å². The molecule has 0 spiro atoms. The van der Waals surface area contributed by atoms with Crippen LogP contribution in [0.3, 0.4) is 0 Å². The largest absolute Gasteiger partial charge is 0.361 e. The third kappa shape index (κ3) is 4.14. The van der Waals surface area contributed by atoms with Crippen molar-refractivity contribution in [2.45, 2.75) is 32.9 Å². The summed E-state index contributed by atoms with van der Waals surface area (Å²) < 4.78 is 0. The second kappa shape index (κ2) is 7.89. The van der Waals surface area contributed by atoms with Gasteiger partial charge >= 0.3 is 0 Å². The molecule has 3 nitrogen and oxygen atoms in total. The summed E-state index contributed by atoms with van der Waals surface area (Å²) in [4.78, 5) is 5.57. The predicted molar refractivity (Wildman–Crippen MR) is 111 cm³/mol. The Morgan fingerprint density at radius 3 is 2.80 bits per heavy atom. The van der Waals surface area contributed by atoms with E-state index in [2.05, 4.69) is 53.4 Å². The summed E-state index contributed by atoms with van der Waals surface area (Å²) in [5.74, 6) is 0. The molecule has 130 valence electrons. The Bertz CT molecular complexity index is 874. The van der Waals surface area contributed by atoms with Gasteiger partial charge in [0, 0.05) is 40.4 Å². The summed E-state index contributed by atoms with van der Waals surface area (Å²) in [7, 11) is 0. The molecule has 3 aromatic rings. The van der Waals surface area contributed by atoms with Crippen molar-refractivity contribution in [2.75, 3.05) is 5.32 Å². The smallest absolute Gasteiger partial charge is 0.173 e. The molecule has 0 bridgehead atoms. The fourth-order valence-corrected chi connectivity index (χ4v) is 3.41. The molecule has 0 amide bonds. The maximum Gasteiger partial charge on any atom is 0.173 e. The van der Waals surface area contributed by atoms with Gasteiger partial charge in [0.1, 0.15) is 0 Å². The van der Waals surface area contributed by atoms with Crippen molar-refractivity contribution >= 4 is 45.5 Å². The van der Waals surface area contributed by atoms with Crippen LogP contribution in [-0.4, -0.2) is 21.0 Å². The van der Waals surface area contributed by atoms with Crippen molar-refractivity contribution < 1.29 is 0 Å². The van der Waals surface area contributed by atoms with E-state index in [0.717, 1.165) is 24.2 Å². The predicted octanol–water partition coefficient (Wildman–Crippen LogP) is 5.82. The molecule has 1 aromatic heterocycles. The van der Waals surface area contributed by atoms with Crippen molar-refractivity contribution in [1.29, 1.82) is 0 Å². The van der Waals surface area contributed by atoms with Gasteiger partial charge in [0.2, 0.25) is 0 Å². The standard InChI is InChI=1S/C20H22ClN3S/c1-3-14(2)24(20(25)23-17-8-6-7-16(21)11-17)13-15-12-22-19-10-5-4-9-18(15)19/h4-12,14,22H,3,13H2,1-2H3,(H,23,25)/t14-/m1/s1. The van der Waals surface area contributed by atoms with Crippen molar-refractivity contribution in [2.24, 2.45) is 0 Å². The summed E-state index contributed by atoms with van der Waals surface area (Å²) in [5.41, 5.74) is 3.30. The first-order valence-electron chi connectivity index (χ1n) is 8.46. The number of anilines is 1. The number of H-pyrrole nitrogens is 1. The molecule has 0 saturated carbocycles. The monoisotopic (exact) mass is 371 g/mol. The van der Waals surface area contributed by atoms with Gasteiger partial charge in [-0.25, -0.2) is 0 Å². The minimum atomic E-state index is 0.327. The summed E-state index contributed by atoms with van der Waals surface area (Å²) in [5, 5.41) is 5.96. The lowest BCUT2D eigenvalue weighted by Gasteiger charge is -2.31. The number of para-hydroxylation sites is 1. The molecule has 1 atom stereocenters. The fraction of sp³-hybridized carbons (Fsp3) is 0.250. The fourth-order valence-electron chi connectivity index (χ4n) is 2.86. The van der Waals surface area contributed by atoms with Crippen molar-refractivity contribution in [1.82, 2.24) is 9.88 Å². The second-order valence-electron chi connectivity index (χ2n) is 6.19. The van der Waals surface area contributed by atoms with Gasteiger partial charge < -0.3 is 15.2 Å². The van der Waals surface area contributed by atoms with E-state index in [9.17, 15) is 0 Å². The molecule has 0 fully saturated rings. The number of rotatable bonds is 5. The number of thiocarbonyl (C=S) groups is 1. The molecule has 0 unspecified atom stereocenters. The lowest BCUT2D eigenvalue weighted by molar-refractivity contribution is 0.321. The molecule has 0 saturated heterocycles. The molecular formula is C20H22ClN3S. The molecule has 2 N–H and O–H groups in total. The van der Waals surface area contributed by atoms with Crippen molar-refractivity contribution in [3.8, 4) is 0 Å². The average Bonchev–Trinajstić information content (AvgIpc) is 3.02. The Hall–Kier alpha value is -2.04. The number of halogens is 1. The first-order valence-corrected chi connectivity index (χ1v) is 9.25. The number of nitrogens with one attached hydrogen (secondary N) is 2. The summed E-state index contributed by atoms with van der Waals surface area (Å²) in [6.45, 7) is 5.13. The van der Waals surface area contributed by atoms with Gasteiger partial charge in [-0.15, -0.1) is 0 Å². The van der Waals surface area contributed by atoms with E-state index in [4.69, 9.17) is 23.8 Å². The van der Waals surface area contributed by atoms with Crippen LogP contribution in [0, 0.1) is 0 Å². The number of nitrogens with zero attached hydrogens (tertiary/aromatic N) is 1. The minimum Gasteiger partial charge on any atom is -0.361 e. The number of fused-ring (bicyclic) bond motifs is 1. The molecule has 2 aromatic carbocycles. The maximum absolute atomic E-state index is 6.08. The first kappa shape index (κ1) is 17.8. The van der Waals surface area contributed by atoms with E-state index >= 15 is 0 Å². The van der Waals surface area contributed by atoms with Gasteiger partial charge in [0.15, 0.2) is 5.11 Å². The van der Waals surface area contributed by atoms with E-state index in [1.165, 1.54) is 10.9 Å². The number of aromatic nitrogens is 1. The number of aromatic amines is 1. The van der Waals surface area contributed by atoms with Crippen molar-refractivity contribution in [3.63, 3.8) is 0 Å². The maximum atomic E-state index is 6.08. The third-order valence-electron chi connectivity index (χ3n) is 4.48. The quantitative estimate of drug-likeness (QED) is 0.554.